The van der Waals surface area contributed by atoms with Crippen LogP contribution < -0.4 is 15.4 Å². The molecule has 0 radical (unpaired) electrons. The van der Waals surface area contributed by atoms with Crippen molar-refractivity contribution in [1.82, 2.24) is 25.4 Å². The summed E-state index contributed by atoms with van der Waals surface area (Å²) < 4.78 is 6.97. The van der Waals surface area contributed by atoms with E-state index in [1.165, 1.54) is 5.56 Å². The maximum atomic E-state index is 11.9. The predicted molar refractivity (Wildman–Crippen MR) is 87.4 cm³/mol. The maximum absolute atomic E-state index is 11.9. The molecule has 7 heteroatoms. The highest BCUT2D eigenvalue weighted by atomic mass is 16.5. The number of aryl methyl sites for hydroxylation is 3. The summed E-state index contributed by atoms with van der Waals surface area (Å²) in [4.78, 5) is 16.0. The zero-order valence-electron chi connectivity index (χ0n) is 14.0. The van der Waals surface area contributed by atoms with E-state index in [-0.39, 0.29) is 6.03 Å². The van der Waals surface area contributed by atoms with Gasteiger partial charge in [-0.1, -0.05) is 0 Å². The molecule has 0 spiro atoms. The Morgan fingerprint density at radius 2 is 2.13 bits per heavy atom. The molecule has 2 N–H and O–H groups in total. The molecular formula is C16H23N5O2. The molecule has 23 heavy (non-hydrogen) atoms. The number of nitrogens with one attached hydrogen (secondary N) is 2. The second-order valence-corrected chi connectivity index (χ2v) is 5.36. The van der Waals surface area contributed by atoms with Gasteiger partial charge in [0.2, 0.25) is 5.88 Å². The largest absolute Gasteiger partial charge is 0.481 e. The average Bonchev–Trinajstić information content (AvgIpc) is 2.80. The third-order valence-electron chi connectivity index (χ3n) is 3.72. The number of hydrogen-bond donors (Lipinski definition) is 2. The number of amides is 2. The molecule has 2 amide bonds. The van der Waals surface area contributed by atoms with Crippen molar-refractivity contribution in [3.05, 3.63) is 40.8 Å². The lowest BCUT2D eigenvalue weighted by Crippen LogP contribution is -2.36. The van der Waals surface area contributed by atoms with Crippen LogP contribution in [0.25, 0.3) is 0 Å². The van der Waals surface area contributed by atoms with Crippen molar-refractivity contribution in [3.8, 4) is 5.88 Å². The Bertz CT molecular complexity index is 681. The summed E-state index contributed by atoms with van der Waals surface area (Å²) in [6.45, 7) is 4.85. The van der Waals surface area contributed by atoms with Gasteiger partial charge in [-0.3, -0.25) is 4.98 Å². The Labute approximate surface area is 136 Å². The molecule has 2 heterocycles. The van der Waals surface area contributed by atoms with Gasteiger partial charge < -0.3 is 15.4 Å². The van der Waals surface area contributed by atoms with E-state index in [0.717, 1.165) is 23.2 Å². The number of methoxy groups -OCH3 is 1. The minimum Gasteiger partial charge on any atom is -0.481 e. The Kier molecular flexibility index (Phi) is 5.56. The lowest BCUT2D eigenvalue weighted by molar-refractivity contribution is 0.240. The van der Waals surface area contributed by atoms with Crippen LogP contribution in [0, 0.1) is 13.8 Å². The molecule has 2 aromatic heterocycles. The summed E-state index contributed by atoms with van der Waals surface area (Å²) >= 11 is 0. The third-order valence-corrected chi connectivity index (χ3v) is 3.72. The quantitative estimate of drug-likeness (QED) is 0.845. The smallest absolute Gasteiger partial charge is 0.315 e. The third kappa shape index (κ3) is 4.21. The van der Waals surface area contributed by atoms with Crippen LogP contribution in [0.15, 0.2) is 18.5 Å². The number of urea groups is 1. The van der Waals surface area contributed by atoms with Gasteiger partial charge in [0.1, 0.15) is 0 Å². The highest BCUT2D eigenvalue weighted by Gasteiger charge is 2.14. The van der Waals surface area contributed by atoms with Crippen molar-refractivity contribution in [1.29, 1.82) is 0 Å². The molecule has 124 valence electrons. The van der Waals surface area contributed by atoms with Crippen LogP contribution >= 0.6 is 0 Å². The lowest BCUT2D eigenvalue weighted by Gasteiger charge is -2.09. The molecule has 0 aliphatic rings. The van der Waals surface area contributed by atoms with E-state index < -0.39 is 0 Å². The maximum Gasteiger partial charge on any atom is 0.315 e. The molecule has 0 fully saturated rings. The number of carbonyl (C=O) groups is 1. The van der Waals surface area contributed by atoms with Gasteiger partial charge in [0, 0.05) is 26.0 Å². The Hall–Kier alpha value is -2.57. The molecule has 0 saturated carbocycles. The zero-order valence-corrected chi connectivity index (χ0v) is 14.0. The van der Waals surface area contributed by atoms with E-state index in [1.807, 2.05) is 33.2 Å². The predicted octanol–water partition coefficient (Wildman–Crippen LogP) is 1.48. The van der Waals surface area contributed by atoms with Crippen LogP contribution in [0.2, 0.25) is 0 Å². The molecule has 0 bridgehead atoms. The van der Waals surface area contributed by atoms with Gasteiger partial charge in [-0.05, 0) is 37.5 Å². The SMILES string of the molecule is COc1c(CNC(=O)NCCc2ccncc2C)c(C)nn1C. The van der Waals surface area contributed by atoms with E-state index in [2.05, 4.69) is 20.7 Å². The molecule has 0 aromatic carbocycles. The second kappa shape index (κ2) is 7.62. The average molecular weight is 317 g/mol. The van der Waals surface area contributed by atoms with Crippen molar-refractivity contribution in [2.75, 3.05) is 13.7 Å². The summed E-state index contributed by atoms with van der Waals surface area (Å²) in [6.07, 6.45) is 4.36. The van der Waals surface area contributed by atoms with Gasteiger partial charge in [-0.2, -0.15) is 5.10 Å². The minimum atomic E-state index is -0.206. The number of hydrogen-bond acceptors (Lipinski definition) is 4. The summed E-state index contributed by atoms with van der Waals surface area (Å²) in [5.41, 5.74) is 4.04. The van der Waals surface area contributed by atoms with Gasteiger partial charge in [0.15, 0.2) is 0 Å². The first-order valence-corrected chi connectivity index (χ1v) is 7.50. The molecule has 7 nitrogen and oxygen atoms in total. The first kappa shape index (κ1) is 16.8. The normalized spacial score (nSPS) is 10.4. The van der Waals surface area contributed by atoms with Gasteiger partial charge in [-0.25, -0.2) is 9.48 Å². The first-order chi connectivity index (χ1) is 11.0. The molecule has 2 aromatic rings. The number of carbonyl (C=O) groups excluding carboxylic acids is 1. The highest BCUT2D eigenvalue weighted by molar-refractivity contribution is 5.73. The van der Waals surface area contributed by atoms with Gasteiger partial charge >= 0.3 is 6.03 Å². The van der Waals surface area contributed by atoms with Crippen molar-refractivity contribution >= 4 is 6.03 Å². The van der Waals surface area contributed by atoms with Crippen LogP contribution in [-0.2, 0) is 20.0 Å². The van der Waals surface area contributed by atoms with E-state index in [9.17, 15) is 4.79 Å². The number of rotatable bonds is 6. The summed E-state index contributed by atoms with van der Waals surface area (Å²) in [5, 5.41) is 9.97. The van der Waals surface area contributed by atoms with Crippen molar-refractivity contribution in [2.24, 2.45) is 7.05 Å². The summed E-state index contributed by atoms with van der Waals surface area (Å²) in [6, 6.07) is 1.76. The van der Waals surface area contributed by atoms with E-state index in [4.69, 9.17) is 4.74 Å². The molecular weight excluding hydrogens is 294 g/mol. The standard InChI is InChI=1S/C16H23N5O2/c1-11-9-17-7-5-13(11)6-8-18-16(22)19-10-14-12(2)20-21(3)15(14)23-4/h5,7,9H,6,8,10H2,1-4H3,(H2,18,19,22). The Morgan fingerprint density at radius 3 is 2.83 bits per heavy atom. The number of nitrogens with zero attached hydrogens (tertiary/aromatic N) is 3. The fraction of sp³-hybridized carbons (Fsp3) is 0.438. The fourth-order valence-corrected chi connectivity index (χ4v) is 2.46. The molecule has 0 atom stereocenters. The summed E-state index contributed by atoms with van der Waals surface area (Å²) in [5.74, 6) is 0.662. The van der Waals surface area contributed by atoms with Crippen LogP contribution in [0.1, 0.15) is 22.4 Å². The lowest BCUT2D eigenvalue weighted by atomic mass is 10.1. The van der Waals surface area contributed by atoms with E-state index in [0.29, 0.717) is 19.0 Å². The monoisotopic (exact) mass is 317 g/mol. The van der Waals surface area contributed by atoms with Crippen LogP contribution in [0.4, 0.5) is 4.79 Å². The Morgan fingerprint density at radius 1 is 1.35 bits per heavy atom. The summed E-state index contributed by atoms with van der Waals surface area (Å²) in [7, 11) is 3.41. The molecule has 0 aliphatic carbocycles. The highest BCUT2D eigenvalue weighted by Crippen LogP contribution is 2.20. The molecule has 0 unspecified atom stereocenters. The zero-order chi connectivity index (χ0) is 16.8. The van der Waals surface area contributed by atoms with Crippen molar-refractivity contribution < 1.29 is 9.53 Å². The first-order valence-electron chi connectivity index (χ1n) is 7.50. The van der Waals surface area contributed by atoms with Crippen molar-refractivity contribution in [3.63, 3.8) is 0 Å². The number of ether oxygens (including phenoxy) is 1. The van der Waals surface area contributed by atoms with Crippen LogP contribution in [0.5, 0.6) is 5.88 Å². The number of pyridine rings is 1. The van der Waals surface area contributed by atoms with Gasteiger partial charge in [-0.15, -0.1) is 0 Å². The molecule has 2 rings (SSSR count). The molecule has 0 saturated heterocycles. The van der Waals surface area contributed by atoms with Crippen LogP contribution in [-0.4, -0.2) is 34.5 Å². The van der Waals surface area contributed by atoms with E-state index in [1.54, 1.807) is 18.0 Å². The van der Waals surface area contributed by atoms with E-state index >= 15 is 0 Å². The number of aromatic nitrogens is 3. The van der Waals surface area contributed by atoms with Gasteiger partial charge in [0.05, 0.1) is 24.9 Å². The fourth-order valence-electron chi connectivity index (χ4n) is 2.46. The van der Waals surface area contributed by atoms with Gasteiger partial charge in [0.25, 0.3) is 0 Å². The second-order valence-electron chi connectivity index (χ2n) is 5.36. The van der Waals surface area contributed by atoms with Crippen LogP contribution in [0.3, 0.4) is 0 Å². The molecule has 0 aliphatic heterocycles. The Balaban J connectivity index is 1.81. The van der Waals surface area contributed by atoms with Crippen molar-refractivity contribution in [2.45, 2.75) is 26.8 Å². The minimum absolute atomic E-state index is 0.206. The topological polar surface area (TPSA) is 81.1 Å².